The van der Waals surface area contributed by atoms with Crippen molar-refractivity contribution in [1.29, 1.82) is 0 Å². The maximum absolute atomic E-state index is 11.5. The maximum Gasteiger partial charge on any atom is 0.239 e. The molecule has 0 heterocycles. The second-order valence-corrected chi connectivity index (χ2v) is 4.91. The molecule has 0 bridgehead atoms. The van der Waals surface area contributed by atoms with E-state index in [-0.39, 0.29) is 25.5 Å². The van der Waals surface area contributed by atoms with Gasteiger partial charge >= 0.3 is 0 Å². The number of hydrogen-bond acceptors (Lipinski definition) is 6. The molecule has 22 heavy (non-hydrogen) atoms. The van der Waals surface area contributed by atoms with Crippen LogP contribution < -0.4 is 27.4 Å². The van der Waals surface area contributed by atoms with E-state index in [1.165, 1.54) is 0 Å². The molecule has 0 unspecified atom stereocenters. The molecule has 0 aromatic rings. The lowest BCUT2D eigenvalue weighted by Gasteiger charge is -2.15. The van der Waals surface area contributed by atoms with Gasteiger partial charge in [0.1, 0.15) is 0 Å². The number of carbonyl (C=O) groups excluding carboxylic acids is 3. The summed E-state index contributed by atoms with van der Waals surface area (Å²) < 4.78 is 0. The van der Waals surface area contributed by atoms with Gasteiger partial charge in [-0.1, -0.05) is 0 Å². The summed E-state index contributed by atoms with van der Waals surface area (Å²) in [6.07, 6.45) is 1.78. The molecule has 0 saturated carbocycles. The number of nitrogens with two attached hydrogens (primary N) is 2. The van der Waals surface area contributed by atoms with Crippen LogP contribution in [0.1, 0.15) is 12.8 Å². The van der Waals surface area contributed by atoms with Crippen LogP contribution in [-0.2, 0) is 14.4 Å². The Hall–Kier alpha value is -1.71. The topological polar surface area (TPSA) is 143 Å². The fourth-order valence-electron chi connectivity index (χ4n) is 1.60. The lowest BCUT2D eigenvalue weighted by molar-refractivity contribution is -0.127. The highest BCUT2D eigenvalue weighted by Gasteiger charge is 2.06. The van der Waals surface area contributed by atoms with Crippen LogP contribution in [0.15, 0.2) is 0 Å². The van der Waals surface area contributed by atoms with Gasteiger partial charge in [-0.3, -0.25) is 14.4 Å². The van der Waals surface area contributed by atoms with E-state index < -0.39 is 11.8 Å². The molecule has 0 aliphatic carbocycles. The Labute approximate surface area is 131 Å². The van der Waals surface area contributed by atoms with Gasteiger partial charge < -0.3 is 32.3 Å². The molecule has 0 aromatic heterocycles. The second kappa shape index (κ2) is 13.0. The van der Waals surface area contributed by atoms with Gasteiger partial charge in [-0.25, -0.2) is 0 Å². The van der Waals surface area contributed by atoms with E-state index in [2.05, 4.69) is 20.9 Å². The molecular weight excluding hydrogens is 288 g/mol. The minimum absolute atomic E-state index is 0.111. The molecule has 9 heteroatoms. The van der Waals surface area contributed by atoms with Crippen molar-refractivity contribution in [1.82, 2.24) is 20.9 Å². The number of rotatable bonds is 12. The third kappa shape index (κ3) is 12.1. The maximum atomic E-state index is 11.5. The van der Waals surface area contributed by atoms with E-state index in [4.69, 9.17) is 11.5 Å². The van der Waals surface area contributed by atoms with Crippen LogP contribution in [0.4, 0.5) is 0 Å². The third-order valence-electron chi connectivity index (χ3n) is 2.86. The minimum atomic E-state index is -0.432. The molecular formula is C13H28N6O3. The van der Waals surface area contributed by atoms with Gasteiger partial charge in [-0.15, -0.1) is 0 Å². The summed E-state index contributed by atoms with van der Waals surface area (Å²) in [5, 5.41) is 7.44. The zero-order valence-corrected chi connectivity index (χ0v) is 13.2. The third-order valence-corrected chi connectivity index (χ3v) is 2.86. The largest absolute Gasteiger partial charge is 0.355 e. The summed E-state index contributed by atoms with van der Waals surface area (Å²) in [6.45, 7) is 2.56. The smallest absolute Gasteiger partial charge is 0.239 e. The predicted octanol–water partition coefficient (Wildman–Crippen LogP) is -3.04. The Kier molecular flexibility index (Phi) is 12.0. The summed E-state index contributed by atoms with van der Waals surface area (Å²) in [5.74, 6) is -1.11. The van der Waals surface area contributed by atoms with Crippen LogP contribution in [0.5, 0.6) is 0 Å². The average molecular weight is 316 g/mol. The van der Waals surface area contributed by atoms with Crippen molar-refractivity contribution < 1.29 is 14.4 Å². The molecule has 9 nitrogen and oxygen atoms in total. The Morgan fingerprint density at radius 2 is 1.41 bits per heavy atom. The van der Waals surface area contributed by atoms with E-state index in [0.717, 1.165) is 25.9 Å². The van der Waals surface area contributed by atoms with Crippen molar-refractivity contribution in [2.24, 2.45) is 11.5 Å². The Morgan fingerprint density at radius 3 is 2.00 bits per heavy atom. The van der Waals surface area contributed by atoms with Crippen molar-refractivity contribution in [2.45, 2.75) is 12.8 Å². The first kappa shape index (κ1) is 20.3. The summed E-state index contributed by atoms with van der Waals surface area (Å²) in [6, 6.07) is 0. The molecule has 0 aliphatic rings. The first-order chi connectivity index (χ1) is 10.5. The minimum Gasteiger partial charge on any atom is -0.355 e. The van der Waals surface area contributed by atoms with Crippen LogP contribution in [0.2, 0.25) is 0 Å². The molecule has 0 fully saturated rings. The van der Waals surface area contributed by atoms with Gasteiger partial charge in [0.2, 0.25) is 17.7 Å². The SMILES string of the molecule is CN(CCCN)CCCNC(=O)CNC(=O)CNC(=O)CN. The summed E-state index contributed by atoms with van der Waals surface area (Å²) in [5.41, 5.74) is 10.5. The molecule has 0 radical (unpaired) electrons. The van der Waals surface area contributed by atoms with Crippen LogP contribution in [0, 0.1) is 0 Å². The van der Waals surface area contributed by atoms with Crippen LogP contribution in [-0.4, -0.2) is 75.5 Å². The first-order valence-corrected chi connectivity index (χ1v) is 7.38. The van der Waals surface area contributed by atoms with Gasteiger partial charge in [0.25, 0.3) is 0 Å². The monoisotopic (exact) mass is 316 g/mol. The van der Waals surface area contributed by atoms with Crippen molar-refractivity contribution in [3.63, 3.8) is 0 Å². The van der Waals surface area contributed by atoms with Crippen LogP contribution >= 0.6 is 0 Å². The number of amides is 3. The summed E-state index contributed by atoms with van der Waals surface area (Å²) in [7, 11) is 2.01. The normalized spacial score (nSPS) is 10.4. The van der Waals surface area contributed by atoms with Crippen molar-refractivity contribution >= 4 is 17.7 Å². The van der Waals surface area contributed by atoms with E-state index in [9.17, 15) is 14.4 Å². The van der Waals surface area contributed by atoms with Gasteiger partial charge in [0.05, 0.1) is 19.6 Å². The van der Waals surface area contributed by atoms with Gasteiger partial charge in [0, 0.05) is 6.54 Å². The summed E-state index contributed by atoms with van der Waals surface area (Å²) >= 11 is 0. The van der Waals surface area contributed by atoms with Crippen molar-refractivity contribution in [2.75, 3.05) is 52.9 Å². The van der Waals surface area contributed by atoms with E-state index >= 15 is 0 Å². The number of hydrogen-bond donors (Lipinski definition) is 5. The second-order valence-electron chi connectivity index (χ2n) is 4.91. The van der Waals surface area contributed by atoms with Crippen molar-refractivity contribution in [3.8, 4) is 0 Å². The highest BCUT2D eigenvalue weighted by atomic mass is 16.2. The zero-order chi connectivity index (χ0) is 16.8. The molecule has 0 aromatic carbocycles. The fourth-order valence-corrected chi connectivity index (χ4v) is 1.60. The first-order valence-electron chi connectivity index (χ1n) is 7.38. The predicted molar refractivity (Wildman–Crippen MR) is 83.9 cm³/mol. The number of nitrogens with zero attached hydrogens (tertiary/aromatic N) is 1. The van der Waals surface area contributed by atoms with Crippen LogP contribution in [0.25, 0.3) is 0 Å². The Bertz CT molecular complexity index is 351. The summed E-state index contributed by atoms with van der Waals surface area (Å²) in [4.78, 5) is 35.8. The lowest BCUT2D eigenvalue weighted by atomic mass is 10.3. The van der Waals surface area contributed by atoms with E-state index in [0.29, 0.717) is 13.1 Å². The Morgan fingerprint density at radius 1 is 0.864 bits per heavy atom. The molecule has 128 valence electrons. The average Bonchev–Trinajstić information content (AvgIpc) is 2.52. The number of carbonyl (C=O) groups is 3. The zero-order valence-electron chi connectivity index (χ0n) is 13.2. The fraction of sp³-hybridized carbons (Fsp3) is 0.769. The van der Waals surface area contributed by atoms with E-state index in [1.54, 1.807) is 0 Å². The highest BCUT2D eigenvalue weighted by molar-refractivity contribution is 5.88. The standard InChI is InChI=1S/C13H28N6O3/c1-19(6-2-4-14)7-3-5-16-12(21)9-18-13(22)10-17-11(20)8-15/h2-10,14-15H2,1H3,(H,16,21)(H,17,20)(H,18,22). The quantitative estimate of drug-likeness (QED) is 0.242. The van der Waals surface area contributed by atoms with Crippen molar-refractivity contribution in [3.05, 3.63) is 0 Å². The van der Waals surface area contributed by atoms with Gasteiger partial charge in [0.15, 0.2) is 0 Å². The highest BCUT2D eigenvalue weighted by Crippen LogP contribution is 1.88. The molecule has 0 atom stereocenters. The van der Waals surface area contributed by atoms with E-state index in [1.807, 2.05) is 7.05 Å². The molecule has 0 spiro atoms. The molecule has 0 aliphatic heterocycles. The van der Waals surface area contributed by atoms with Gasteiger partial charge in [-0.2, -0.15) is 0 Å². The lowest BCUT2D eigenvalue weighted by Crippen LogP contribution is -2.43. The molecule has 3 amide bonds. The molecule has 7 N–H and O–H groups in total. The van der Waals surface area contributed by atoms with Crippen LogP contribution in [0.3, 0.4) is 0 Å². The Balaban J connectivity index is 3.57. The number of nitrogens with one attached hydrogen (secondary N) is 3. The molecule has 0 rings (SSSR count). The van der Waals surface area contributed by atoms with Gasteiger partial charge in [-0.05, 0) is 39.5 Å². The molecule has 0 saturated heterocycles.